The summed E-state index contributed by atoms with van der Waals surface area (Å²) in [6.45, 7) is 0. The second-order valence-electron chi connectivity index (χ2n) is 5.33. The average molecular weight is 295 g/mol. The standard InChI is InChI=1S/C16H22FNOS/c17-14-10-6-7-11-15(14)20-12-16(19)18-13-8-4-2-1-3-5-9-13/h6-7,10-11,13H,1-5,8-9,12H2,(H,18,19). The van der Waals surface area contributed by atoms with Crippen molar-refractivity contribution in [2.75, 3.05) is 5.75 Å². The molecule has 110 valence electrons. The molecule has 1 amide bonds. The molecule has 1 N–H and O–H groups in total. The summed E-state index contributed by atoms with van der Waals surface area (Å²) in [5, 5.41) is 3.09. The molecule has 0 radical (unpaired) electrons. The Morgan fingerprint density at radius 2 is 1.80 bits per heavy atom. The molecular formula is C16H22FNOS. The maximum atomic E-state index is 13.4. The molecule has 0 unspecified atom stereocenters. The molecule has 0 aliphatic heterocycles. The third-order valence-corrected chi connectivity index (χ3v) is 4.71. The van der Waals surface area contributed by atoms with Crippen molar-refractivity contribution in [3.05, 3.63) is 30.1 Å². The Labute approximate surface area is 124 Å². The van der Waals surface area contributed by atoms with Crippen molar-refractivity contribution in [3.63, 3.8) is 0 Å². The van der Waals surface area contributed by atoms with Crippen molar-refractivity contribution < 1.29 is 9.18 Å². The highest BCUT2D eigenvalue weighted by Crippen LogP contribution is 2.21. The van der Waals surface area contributed by atoms with Crippen molar-refractivity contribution in [2.45, 2.75) is 55.9 Å². The van der Waals surface area contributed by atoms with E-state index in [4.69, 9.17) is 0 Å². The summed E-state index contributed by atoms with van der Waals surface area (Å²) in [6.07, 6.45) is 8.43. The van der Waals surface area contributed by atoms with E-state index in [9.17, 15) is 9.18 Å². The number of halogens is 1. The second-order valence-corrected chi connectivity index (χ2v) is 6.35. The zero-order valence-corrected chi connectivity index (χ0v) is 12.6. The van der Waals surface area contributed by atoms with Gasteiger partial charge in [0, 0.05) is 10.9 Å². The Morgan fingerprint density at radius 3 is 2.50 bits per heavy atom. The van der Waals surface area contributed by atoms with Crippen LogP contribution in [0.25, 0.3) is 0 Å². The predicted octanol–water partition coefficient (Wildman–Crippen LogP) is 4.15. The van der Waals surface area contributed by atoms with Crippen LogP contribution in [-0.4, -0.2) is 17.7 Å². The van der Waals surface area contributed by atoms with Crippen LogP contribution in [0.15, 0.2) is 29.2 Å². The van der Waals surface area contributed by atoms with Crippen LogP contribution in [0.2, 0.25) is 0 Å². The first kappa shape index (κ1) is 15.4. The van der Waals surface area contributed by atoms with Crippen LogP contribution in [0.5, 0.6) is 0 Å². The number of carbonyl (C=O) groups excluding carboxylic acids is 1. The van der Waals surface area contributed by atoms with E-state index in [1.165, 1.54) is 49.9 Å². The van der Waals surface area contributed by atoms with Crippen molar-refractivity contribution in [2.24, 2.45) is 0 Å². The molecule has 0 atom stereocenters. The van der Waals surface area contributed by atoms with Crippen LogP contribution in [-0.2, 0) is 4.79 Å². The average Bonchev–Trinajstić information content (AvgIpc) is 2.41. The molecule has 2 nitrogen and oxygen atoms in total. The minimum absolute atomic E-state index is 0.0174. The molecule has 4 heteroatoms. The van der Waals surface area contributed by atoms with Gasteiger partial charge in [-0.25, -0.2) is 4.39 Å². The van der Waals surface area contributed by atoms with E-state index in [2.05, 4.69) is 5.32 Å². The highest BCUT2D eigenvalue weighted by atomic mass is 32.2. The Hall–Kier alpha value is -1.03. The molecule has 0 saturated heterocycles. The molecule has 1 aliphatic rings. The maximum absolute atomic E-state index is 13.4. The van der Waals surface area contributed by atoms with Crippen LogP contribution < -0.4 is 5.32 Å². The van der Waals surface area contributed by atoms with E-state index in [1.807, 2.05) is 0 Å². The van der Waals surface area contributed by atoms with Gasteiger partial charge in [0.05, 0.1) is 5.75 Å². The lowest BCUT2D eigenvalue weighted by Crippen LogP contribution is -2.36. The summed E-state index contributed by atoms with van der Waals surface area (Å²) in [7, 11) is 0. The number of amides is 1. The van der Waals surface area contributed by atoms with Gasteiger partial charge in [-0.2, -0.15) is 0 Å². The SMILES string of the molecule is O=C(CSc1ccccc1F)NC1CCCCCCC1. The minimum atomic E-state index is -0.253. The number of rotatable bonds is 4. The van der Waals surface area contributed by atoms with Gasteiger partial charge in [0.15, 0.2) is 0 Å². The molecule has 20 heavy (non-hydrogen) atoms. The van der Waals surface area contributed by atoms with E-state index in [0.29, 0.717) is 10.9 Å². The highest BCUT2D eigenvalue weighted by Gasteiger charge is 2.14. The van der Waals surface area contributed by atoms with Crippen LogP contribution in [0, 0.1) is 5.82 Å². The van der Waals surface area contributed by atoms with Gasteiger partial charge in [-0.3, -0.25) is 4.79 Å². The smallest absolute Gasteiger partial charge is 0.230 e. The first-order valence-electron chi connectivity index (χ1n) is 7.42. The normalized spacial score (nSPS) is 17.2. The molecule has 1 aliphatic carbocycles. The van der Waals surface area contributed by atoms with E-state index < -0.39 is 0 Å². The Balaban J connectivity index is 1.75. The summed E-state index contributed by atoms with van der Waals surface area (Å²) >= 11 is 1.27. The fourth-order valence-electron chi connectivity index (χ4n) is 2.57. The van der Waals surface area contributed by atoms with Crippen molar-refractivity contribution in [1.82, 2.24) is 5.32 Å². The van der Waals surface area contributed by atoms with Gasteiger partial charge in [0.2, 0.25) is 5.91 Å². The first-order chi connectivity index (χ1) is 9.75. The van der Waals surface area contributed by atoms with Gasteiger partial charge >= 0.3 is 0 Å². The number of carbonyl (C=O) groups is 1. The first-order valence-corrected chi connectivity index (χ1v) is 8.41. The van der Waals surface area contributed by atoms with Gasteiger partial charge in [-0.1, -0.05) is 44.2 Å². The van der Waals surface area contributed by atoms with Crippen molar-refractivity contribution in [1.29, 1.82) is 0 Å². The van der Waals surface area contributed by atoms with Crippen LogP contribution in [0.1, 0.15) is 44.9 Å². The Kier molecular flexibility index (Phi) is 6.37. The number of hydrogen-bond donors (Lipinski definition) is 1. The van der Waals surface area contributed by atoms with E-state index in [-0.39, 0.29) is 17.5 Å². The zero-order valence-electron chi connectivity index (χ0n) is 11.7. The molecule has 1 fully saturated rings. The molecule has 0 aromatic heterocycles. The van der Waals surface area contributed by atoms with E-state index >= 15 is 0 Å². The molecule has 1 aromatic rings. The molecule has 0 bridgehead atoms. The third-order valence-electron chi connectivity index (χ3n) is 3.67. The van der Waals surface area contributed by atoms with E-state index in [1.54, 1.807) is 18.2 Å². The van der Waals surface area contributed by atoms with Gasteiger partial charge in [0.25, 0.3) is 0 Å². The predicted molar refractivity (Wildman–Crippen MR) is 81.4 cm³/mol. The Morgan fingerprint density at radius 1 is 1.15 bits per heavy atom. The summed E-state index contributed by atoms with van der Waals surface area (Å²) < 4.78 is 13.4. The lowest BCUT2D eigenvalue weighted by Gasteiger charge is -2.20. The second kappa shape index (κ2) is 8.30. The summed E-state index contributed by atoms with van der Waals surface area (Å²) in [5.41, 5.74) is 0. The number of hydrogen-bond acceptors (Lipinski definition) is 2. The number of nitrogens with one attached hydrogen (secondary N) is 1. The Bertz CT molecular complexity index is 430. The van der Waals surface area contributed by atoms with Gasteiger partial charge in [0.1, 0.15) is 5.82 Å². The maximum Gasteiger partial charge on any atom is 0.230 e. The zero-order chi connectivity index (χ0) is 14.2. The lowest BCUT2D eigenvalue weighted by atomic mass is 9.97. The molecular weight excluding hydrogens is 273 g/mol. The van der Waals surface area contributed by atoms with Crippen molar-refractivity contribution in [3.8, 4) is 0 Å². The van der Waals surface area contributed by atoms with Crippen LogP contribution in [0.4, 0.5) is 4.39 Å². The van der Waals surface area contributed by atoms with Gasteiger partial charge in [-0.05, 0) is 25.0 Å². The molecule has 0 spiro atoms. The quantitative estimate of drug-likeness (QED) is 0.846. The number of benzene rings is 1. The van der Waals surface area contributed by atoms with Crippen LogP contribution >= 0.6 is 11.8 Å². The highest BCUT2D eigenvalue weighted by molar-refractivity contribution is 8.00. The fraction of sp³-hybridized carbons (Fsp3) is 0.562. The van der Waals surface area contributed by atoms with Crippen LogP contribution in [0.3, 0.4) is 0 Å². The third kappa shape index (κ3) is 5.16. The van der Waals surface area contributed by atoms with Gasteiger partial charge in [-0.15, -0.1) is 11.8 Å². The molecule has 1 saturated carbocycles. The van der Waals surface area contributed by atoms with E-state index in [0.717, 1.165) is 12.8 Å². The monoisotopic (exact) mass is 295 g/mol. The molecule has 2 rings (SSSR count). The lowest BCUT2D eigenvalue weighted by molar-refractivity contribution is -0.119. The minimum Gasteiger partial charge on any atom is -0.353 e. The topological polar surface area (TPSA) is 29.1 Å². The van der Waals surface area contributed by atoms with Crippen molar-refractivity contribution >= 4 is 17.7 Å². The summed E-state index contributed by atoms with van der Waals surface area (Å²) in [4.78, 5) is 12.5. The fourth-order valence-corrected chi connectivity index (χ4v) is 3.33. The molecule has 1 aromatic carbocycles. The van der Waals surface area contributed by atoms with Gasteiger partial charge < -0.3 is 5.32 Å². The summed E-state index contributed by atoms with van der Waals surface area (Å²) in [5.74, 6) is 0.0531. The molecule has 0 heterocycles. The largest absolute Gasteiger partial charge is 0.353 e. The summed E-state index contributed by atoms with van der Waals surface area (Å²) in [6, 6.07) is 6.90. The number of thioether (sulfide) groups is 1.